The van der Waals surface area contributed by atoms with E-state index in [1.54, 1.807) is 6.07 Å². The summed E-state index contributed by atoms with van der Waals surface area (Å²) in [7, 11) is 0. The summed E-state index contributed by atoms with van der Waals surface area (Å²) in [4.78, 5) is 26.8. The van der Waals surface area contributed by atoms with Gasteiger partial charge in [0.2, 0.25) is 0 Å². The molecule has 26 heavy (non-hydrogen) atoms. The summed E-state index contributed by atoms with van der Waals surface area (Å²) in [5.41, 5.74) is 2.41. The molecular formula is C21H15ClN2O2. The molecule has 0 aliphatic carbocycles. The first-order valence-electron chi connectivity index (χ1n) is 8.16. The van der Waals surface area contributed by atoms with Crippen molar-refractivity contribution in [2.24, 2.45) is 0 Å². The quantitative estimate of drug-likeness (QED) is 0.693. The molecule has 0 saturated carbocycles. The van der Waals surface area contributed by atoms with Gasteiger partial charge in [0.25, 0.3) is 11.8 Å². The van der Waals surface area contributed by atoms with Crippen LogP contribution < -0.4 is 10.2 Å². The number of anilines is 2. The number of benzene rings is 3. The minimum Gasteiger partial charge on any atom is -0.350 e. The zero-order chi connectivity index (χ0) is 18.3. The van der Waals surface area contributed by atoms with Gasteiger partial charge in [-0.2, -0.15) is 0 Å². The van der Waals surface area contributed by atoms with Crippen LogP contribution in [0.4, 0.5) is 11.4 Å². The van der Waals surface area contributed by atoms with E-state index in [0.717, 1.165) is 21.2 Å². The predicted octanol–water partition coefficient (Wildman–Crippen LogP) is 4.58. The summed E-state index contributed by atoms with van der Waals surface area (Å²) in [6, 6.07) is 20.6. The van der Waals surface area contributed by atoms with Gasteiger partial charge in [0.05, 0.1) is 5.69 Å². The molecule has 0 spiro atoms. The molecule has 3 aromatic carbocycles. The van der Waals surface area contributed by atoms with E-state index in [4.69, 9.17) is 11.6 Å². The number of carbonyl (C=O) groups excluding carboxylic acids is 2. The lowest BCUT2D eigenvalue weighted by molar-refractivity contribution is -0.120. The Morgan fingerprint density at radius 3 is 2.31 bits per heavy atom. The number of imide groups is 1. The third kappa shape index (κ3) is 2.65. The lowest BCUT2D eigenvalue weighted by atomic mass is 10.1. The summed E-state index contributed by atoms with van der Waals surface area (Å²) in [5, 5.41) is 4.64. The molecule has 3 aromatic rings. The molecule has 1 aliphatic heterocycles. The van der Waals surface area contributed by atoms with Gasteiger partial charge in [-0.25, -0.2) is 4.90 Å². The van der Waals surface area contributed by atoms with Gasteiger partial charge in [0, 0.05) is 11.1 Å². The number of rotatable bonds is 3. The van der Waals surface area contributed by atoms with E-state index in [1.807, 2.05) is 67.6 Å². The Kier molecular flexibility index (Phi) is 3.98. The average molecular weight is 363 g/mol. The highest BCUT2D eigenvalue weighted by Crippen LogP contribution is 2.34. The third-order valence-corrected chi connectivity index (χ3v) is 4.71. The number of nitrogens with zero attached hydrogens (tertiary/aromatic N) is 1. The normalized spacial score (nSPS) is 14.5. The second-order valence-corrected chi connectivity index (χ2v) is 6.50. The fourth-order valence-electron chi connectivity index (χ4n) is 3.01. The number of aryl methyl sites for hydroxylation is 1. The molecule has 0 bridgehead atoms. The summed E-state index contributed by atoms with van der Waals surface area (Å²) < 4.78 is 0. The van der Waals surface area contributed by atoms with Crippen LogP contribution in [0.15, 0.2) is 77.5 Å². The molecule has 1 N–H and O–H groups in total. The molecule has 0 saturated heterocycles. The van der Waals surface area contributed by atoms with Gasteiger partial charge in [-0.05, 0) is 30.5 Å². The second-order valence-electron chi connectivity index (χ2n) is 6.12. The maximum Gasteiger partial charge on any atom is 0.283 e. The van der Waals surface area contributed by atoms with E-state index >= 15 is 0 Å². The highest BCUT2D eigenvalue weighted by atomic mass is 35.5. The molecule has 2 amide bonds. The molecule has 0 fully saturated rings. The number of halogens is 1. The number of hydrogen-bond donors (Lipinski definition) is 1. The lowest BCUT2D eigenvalue weighted by Gasteiger charge is -2.17. The first kappa shape index (κ1) is 16.4. The van der Waals surface area contributed by atoms with Gasteiger partial charge in [-0.3, -0.25) is 9.59 Å². The van der Waals surface area contributed by atoms with Crippen LogP contribution in [0.3, 0.4) is 0 Å². The molecule has 1 heterocycles. The Bertz CT molecular complexity index is 1070. The van der Waals surface area contributed by atoms with Crippen LogP contribution in [0.25, 0.3) is 10.8 Å². The van der Waals surface area contributed by atoms with Crippen molar-refractivity contribution in [3.8, 4) is 0 Å². The predicted molar refractivity (Wildman–Crippen MR) is 104 cm³/mol. The highest BCUT2D eigenvalue weighted by Gasteiger charge is 2.39. The molecular weight excluding hydrogens is 348 g/mol. The van der Waals surface area contributed by atoms with E-state index in [9.17, 15) is 9.59 Å². The van der Waals surface area contributed by atoms with Crippen molar-refractivity contribution in [3.63, 3.8) is 0 Å². The van der Waals surface area contributed by atoms with E-state index < -0.39 is 11.8 Å². The molecule has 4 rings (SSSR count). The fourth-order valence-corrected chi connectivity index (χ4v) is 3.23. The molecule has 5 heteroatoms. The molecule has 128 valence electrons. The smallest absolute Gasteiger partial charge is 0.283 e. The fraction of sp³-hybridized carbons (Fsp3) is 0.0476. The molecule has 0 atom stereocenters. The zero-order valence-electron chi connectivity index (χ0n) is 14.0. The highest BCUT2D eigenvalue weighted by molar-refractivity contribution is 6.53. The van der Waals surface area contributed by atoms with Crippen molar-refractivity contribution in [2.45, 2.75) is 6.92 Å². The van der Waals surface area contributed by atoms with Gasteiger partial charge >= 0.3 is 0 Å². The van der Waals surface area contributed by atoms with Gasteiger partial charge in [-0.1, -0.05) is 65.7 Å². The third-order valence-electron chi connectivity index (χ3n) is 4.36. The Morgan fingerprint density at radius 2 is 1.54 bits per heavy atom. The van der Waals surface area contributed by atoms with Crippen LogP contribution in [-0.4, -0.2) is 11.8 Å². The molecule has 4 nitrogen and oxygen atoms in total. The standard InChI is InChI=1S/C21H15ClN2O2/c1-13-9-11-15(12-10-13)23-19-18(22)20(25)24(21(19)26)17-8-4-6-14-5-2-3-7-16(14)17/h2-12,23H,1H3. The maximum absolute atomic E-state index is 12.9. The number of fused-ring (bicyclic) bond motifs is 1. The van der Waals surface area contributed by atoms with Crippen LogP contribution in [-0.2, 0) is 9.59 Å². The first-order chi connectivity index (χ1) is 12.6. The minimum atomic E-state index is -0.525. The van der Waals surface area contributed by atoms with Gasteiger partial charge in [-0.15, -0.1) is 0 Å². The number of nitrogens with one attached hydrogen (secondary N) is 1. The Balaban J connectivity index is 1.73. The Morgan fingerprint density at radius 1 is 0.846 bits per heavy atom. The van der Waals surface area contributed by atoms with Crippen molar-refractivity contribution in [1.29, 1.82) is 0 Å². The Labute approximate surface area is 155 Å². The van der Waals surface area contributed by atoms with Gasteiger partial charge < -0.3 is 5.32 Å². The minimum absolute atomic E-state index is 0.0912. The lowest BCUT2D eigenvalue weighted by Crippen LogP contribution is -2.32. The van der Waals surface area contributed by atoms with Gasteiger partial charge in [0.1, 0.15) is 10.7 Å². The van der Waals surface area contributed by atoms with Gasteiger partial charge in [0.15, 0.2) is 0 Å². The molecule has 1 aliphatic rings. The van der Waals surface area contributed by atoms with Crippen molar-refractivity contribution < 1.29 is 9.59 Å². The summed E-state index contributed by atoms with van der Waals surface area (Å²) in [5.74, 6) is -0.987. The SMILES string of the molecule is Cc1ccc(NC2=C(Cl)C(=O)N(c3cccc4ccccc34)C2=O)cc1. The van der Waals surface area contributed by atoms with E-state index in [1.165, 1.54) is 0 Å². The zero-order valence-corrected chi connectivity index (χ0v) is 14.7. The van der Waals surface area contributed by atoms with Crippen LogP contribution >= 0.6 is 11.6 Å². The summed E-state index contributed by atoms with van der Waals surface area (Å²) >= 11 is 6.21. The van der Waals surface area contributed by atoms with Crippen molar-refractivity contribution >= 4 is 45.6 Å². The number of amides is 2. The molecule has 0 unspecified atom stereocenters. The van der Waals surface area contributed by atoms with Crippen LogP contribution in [0.2, 0.25) is 0 Å². The Hall–Kier alpha value is -3.11. The summed E-state index contributed by atoms with van der Waals surface area (Å²) in [6.07, 6.45) is 0. The maximum atomic E-state index is 12.9. The molecule has 0 aromatic heterocycles. The van der Waals surface area contributed by atoms with Crippen LogP contribution in [0, 0.1) is 6.92 Å². The monoisotopic (exact) mass is 362 g/mol. The van der Waals surface area contributed by atoms with Crippen molar-refractivity contribution in [1.82, 2.24) is 0 Å². The topological polar surface area (TPSA) is 49.4 Å². The number of hydrogen-bond acceptors (Lipinski definition) is 3. The average Bonchev–Trinajstić information content (AvgIpc) is 2.86. The largest absolute Gasteiger partial charge is 0.350 e. The summed E-state index contributed by atoms with van der Waals surface area (Å²) in [6.45, 7) is 1.97. The molecule has 0 radical (unpaired) electrons. The first-order valence-corrected chi connectivity index (χ1v) is 8.54. The second kappa shape index (κ2) is 6.32. The van der Waals surface area contributed by atoms with E-state index in [2.05, 4.69) is 5.32 Å². The van der Waals surface area contributed by atoms with Crippen molar-refractivity contribution in [3.05, 3.63) is 83.0 Å². The number of carbonyl (C=O) groups is 2. The van der Waals surface area contributed by atoms with Crippen molar-refractivity contribution in [2.75, 3.05) is 10.2 Å². The van der Waals surface area contributed by atoms with E-state index in [0.29, 0.717) is 11.4 Å². The van der Waals surface area contributed by atoms with E-state index in [-0.39, 0.29) is 10.7 Å². The van der Waals surface area contributed by atoms with Crippen LogP contribution in [0.1, 0.15) is 5.56 Å². The van der Waals surface area contributed by atoms with Crippen LogP contribution in [0.5, 0.6) is 0 Å².